The Morgan fingerprint density at radius 1 is 1.08 bits per heavy atom. The van der Waals surface area contributed by atoms with Gasteiger partial charge in [-0.15, -0.1) is 0 Å². The second-order valence-corrected chi connectivity index (χ2v) is 5.72. The highest BCUT2D eigenvalue weighted by Crippen LogP contribution is 2.22. The summed E-state index contributed by atoms with van der Waals surface area (Å²) in [5, 5.41) is 11.5. The van der Waals surface area contributed by atoms with Crippen LogP contribution in [0.3, 0.4) is 0 Å². The van der Waals surface area contributed by atoms with Gasteiger partial charge < -0.3 is 5.32 Å². The Balaban J connectivity index is 1.57. The van der Waals surface area contributed by atoms with Gasteiger partial charge >= 0.3 is 0 Å². The largest absolute Gasteiger partial charge is 0.352 e. The van der Waals surface area contributed by atoms with Crippen molar-refractivity contribution in [2.24, 2.45) is 5.92 Å². The average Bonchev–Trinajstić information content (AvgIpc) is 2.65. The number of hydroxylamine groups is 1. The Morgan fingerprint density at radius 2 is 1.83 bits per heavy atom. The van der Waals surface area contributed by atoms with E-state index >= 15 is 0 Å². The summed E-state index contributed by atoms with van der Waals surface area (Å²) in [6.07, 6.45) is 4.63. The maximum atomic E-state index is 12.3. The first-order chi connectivity index (χ1) is 11.7. The molecule has 1 aliphatic rings. The first-order valence-electron chi connectivity index (χ1n) is 7.74. The lowest BCUT2D eigenvalue weighted by molar-refractivity contribution is -0.123. The summed E-state index contributed by atoms with van der Waals surface area (Å²) in [5.41, 5.74) is 5.18. The van der Waals surface area contributed by atoms with Gasteiger partial charge in [0.15, 0.2) is 0 Å². The minimum Gasteiger partial charge on any atom is -0.352 e. The quantitative estimate of drug-likeness (QED) is 0.597. The average molecular weight is 322 g/mol. The van der Waals surface area contributed by atoms with E-state index in [2.05, 4.69) is 5.32 Å². The fraction of sp³-hybridized carbons (Fsp3) is 0.158. The molecule has 0 aliphatic heterocycles. The van der Waals surface area contributed by atoms with Crippen LogP contribution in [0.4, 0.5) is 0 Å². The second kappa shape index (κ2) is 7.10. The Morgan fingerprint density at radius 3 is 2.58 bits per heavy atom. The van der Waals surface area contributed by atoms with E-state index in [-0.39, 0.29) is 11.8 Å². The number of carbonyl (C=O) groups excluding carboxylic acids is 2. The van der Waals surface area contributed by atoms with Crippen molar-refractivity contribution >= 4 is 17.9 Å². The lowest BCUT2D eigenvalue weighted by atomic mass is 9.89. The SMILES string of the molecule is O=C(NO)c1ccc(CNC(=O)[C@H]2C=Cc3ccccc3C2)cc1. The van der Waals surface area contributed by atoms with Gasteiger partial charge in [-0.1, -0.05) is 48.6 Å². The molecule has 0 bridgehead atoms. The van der Waals surface area contributed by atoms with Crippen LogP contribution < -0.4 is 10.8 Å². The molecule has 0 saturated heterocycles. The number of hydrogen-bond acceptors (Lipinski definition) is 3. The highest BCUT2D eigenvalue weighted by Gasteiger charge is 2.20. The van der Waals surface area contributed by atoms with Gasteiger partial charge in [-0.2, -0.15) is 0 Å². The molecule has 24 heavy (non-hydrogen) atoms. The van der Waals surface area contributed by atoms with Crippen LogP contribution >= 0.6 is 0 Å². The number of rotatable bonds is 4. The van der Waals surface area contributed by atoms with Crippen molar-refractivity contribution in [3.8, 4) is 0 Å². The Kier molecular flexibility index (Phi) is 4.72. The van der Waals surface area contributed by atoms with Gasteiger partial charge in [-0.25, -0.2) is 5.48 Å². The first-order valence-corrected chi connectivity index (χ1v) is 7.74. The standard InChI is InChI=1S/C19H18N2O3/c22-18(17-10-9-14-3-1-2-4-16(14)11-17)20-12-13-5-7-15(8-6-13)19(23)21-24/h1-10,17,24H,11-12H2,(H,20,22)(H,21,23)/t17-/m0/s1. The smallest absolute Gasteiger partial charge is 0.274 e. The minimum absolute atomic E-state index is 0.0158. The zero-order chi connectivity index (χ0) is 16.9. The van der Waals surface area contributed by atoms with Crippen LogP contribution in [0.2, 0.25) is 0 Å². The third-order valence-electron chi connectivity index (χ3n) is 4.12. The topological polar surface area (TPSA) is 78.4 Å². The van der Waals surface area contributed by atoms with Gasteiger partial charge in [0.1, 0.15) is 0 Å². The monoisotopic (exact) mass is 322 g/mol. The lowest BCUT2D eigenvalue weighted by Crippen LogP contribution is -2.31. The number of nitrogens with one attached hydrogen (secondary N) is 2. The van der Waals surface area contributed by atoms with Crippen LogP contribution in [0, 0.1) is 5.92 Å². The molecule has 0 radical (unpaired) electrons. The van der Waals surface area contributed by atoms with Crippen LogP contribution in [0.5, 0.6) is 0 Å². The molecule has 0 aromatic heterocycles. The Labute approximate surface area is 140 Å². The summed E-state index contributed by atoms with van der Waals surface area (Å²) in [7, 11) is 0. The van der Waals surface area contributed by atoms with E-state index in [1.807, 2.05) is 36.4 Å². The van der Waals surface area contributed by atoms with E-state index in [1.165, 1.54) is 11.1 Å². The summed E-state index contributed by atoms with van der Waals surface area (Å²) in [6.45, 7) is 0.395. The van der Waals surface area contributed by atoms with Crippen molar-refractivity contribution in [3.05, 3.63) is 76.9 Å². The number of fused-ring (bicyclic) bond motifs is 1. The molecule has 3 N–H and O–H groups in total. The molecule has 1 aliphatic carbocycles. The molecule has 0 unspecified atom stereocenters. The van der Waals surface area contributed by atoms with Crippen molar-refractivity contribution in [1.82, 2.24) is 10.8 Å². The van der Waals surface area contributed by atoms with E-state index in [9.17, 15) is 9.59 Å². The van der Waals surface area contributed by atoms with Crippen LogP contribution in [-0.4, -0.2) is 17.0 Å². The number of amides is 2. The van der Waals surface area contributed by atoms with E-state index in [0.717, 1.165) is 5.56 Å². The predicted molar refractivity (Wildman–Crippen MR) is 90.2 cm³/mol. The van der Waals surface area contributed by atoms with Gasteiger partial charge in [-0.05, 0) is 35.2 Å². The maximum Gasteiger partial charge on any atom is 0.274 e. The number of benzene rings is 2. The summed E-state index contributed by atoms with van der Waals surface area (Å²) in [4.78, 5) is 23.6. The summed E-state index contributed by atoms with van der Waals surface area (Å²) in [5.74, 6) is -0.742. The first kappa shape index (κ1) is 16.0. The highest BCUT2D eigenvalue weighted by molar-refractivity contribution is 5.93. The molecule has 0 spiro atoms. The van der Waals surface area contributed by atoms with Crippen LogP contribution in [0.15, 0.2) is 54.6 Å². The molecule has 0 saturated carbocycles. The van der Waals surface area contributed by atoms with Crippen molar-refractivity contribution < 1.29 is 14.8 Å². The number of carbonyl (C=O) groups is 2. The van der Waals surface area contributed by atoms with Gasteiger partial charge in [0, 0.05) is 12.1 Å². The fourth-order valence-corrected chi connectivity index (χ4v) is 2.75. The Hall–Kier alpha value is -2.92. The van der Waals surface area contributed by atoms with Crippen LogP contribution in [0.25, 0.3) is 6.08 Å². The van der Waals surface area contributed by atoms with Crippen LogP contribution in [-0.2, 0) is 17.8 Å². The van der Waals surface area contributed by atoms with Gasteiger partial charge in [0.25, 0.3) is 5.91 Å². The minimum atomic E-state index is -0.559. The zero-order valence-electron chi connectivity index (χ0n) is 13.0. The van der Waals surface area contributed by atoms with E-state index in [1.54, 1.807) is 29.7 Å². The molecule has 1 atom stereocenters. The molecule has 5 nitrogen and oxygen atoms in total. The molecule has 5 heteroatoms. The third-order valence-corrected chi connectivity index (χ3v) is 4.12. The van der Waals surface area contributed by atoms with Gasteiger partial charge in [0.2, 0.25) is 5.91 Å². The summed E-state index contributed by atoms with van der Waals surface area (Å²) >= 11 is 0. The predicted octanol–water partition coefficient (Wildman–Crippen LogP) is 2.31. The lowest BCUT2D eigenvalue weighted by Gasteiger charge is -2.19. The van der Waals surface area contributed by atoms with Crippen LogP contribution in [0.1, 0.15) is 27.0 Å². The fourth-order valence-electron chi connectivity index (χ4n) is 2.75. The third kappa shape index (κ3) is 3.52. The normalized spacial score (nSPS) is 15.5. The molecular formula is C19H18N2O3. The number of hydrogen-bond donors (Lipinski definition) is 3. The second-order valence-electron chi connectivity index (χ2n) is 5.72. The molecule has 0 fully saturated rings. The maximum absolute atomic E-state index is 12.3. The zero-order valence-corrected chi connectivity index (χ0v) is 13.0. The molecule has 122 valence electrons. The van der Waals surface area contributed by atoms with Gasteiger partial charge in [-0.3, -0.25) is 14.8 Å². The Bertz CT molecular complexity index is 781. The van der Waals surface area contributed by atoms with Crippen molar-refractivity contribution in [2.45, 2.75) is 13.0 Å². The van der Waals surface area contributed by atoms with Crippen molar-refractivity contribution in [2.75, 3.05) is 0 Å². The molecule has 3 rings (SSSR count). The molecular weight excluding hydrogens is 304 g/mol. The van der Waals surface area contributed by atoms with E-state index in [4.69, 9.17) is 5.21 Å². The summed E-state index contributed by atoms with van der Waals surface area (Å²) < 4.78 is 0. The van der Waals surface area contributed by atoms with Crippen molar-refractivity contribution in [1.29, 1.82) is 0 Å². The van der Waals surface area contributed by atoms with Gasteiger partial charge in [0.05, 0.1) is 5.92 Å². The molecule has 2 aromatic carbocycles. The van der Waals surface area contributed by atoms with E-state index in [0.29, 0.717) is 18.5 Å². The molecule has 2 aromatic rings. The molecule has 2 amide bonds. The molecule has 0 heterocycles. The van der Waals surface area contributed by atoms with E-state index < -0.39 is 5.91 Å². The highest BCUT2D eigenvalue weighted by atomic mass is 16.5. The van der Waals surface area contributed by atoms with Crippen molar-refractivity contribution in [3.63, 3.8) is 0 Å². The summed E-state index contributed by atoms with van der Waals surface area (Å²) in [6, 6.07) is 14.8.